The van der Waals surface area contributed by atoms with Gasteiger partial charge in [-0.15, -0.1) is 0 Å². The molecule has 0 radical (unpaired) electrons. The second kappa shape index (κ2) is 6.73. The molecule has 0 heterocycles. The van der Waals surface area contributed by atoms with Crippen molar-refractivity contribution in [3.63, 3.8) is 0 Å². The Kier molecular flexibility index (Phi) is 5.00. The first kappa shape index (κ1) is 17.8. The van der Waals surface area contributed by atoms with Crippen LogP contribution in [0.1, 0.15) is 25.7 Å². The van der Waals surface area contributed by atoms with Crippen molar-refractivity contribution in [2.24, 2.45) is 11.8 Å². The van der Waals surface area contributed by atoms with E-state index in [-0.39, 0.29) is 34.2 Å². The van der Waals surface area contributed by atoms with Gasteiger partial charge in [-0.2, -0.15) is 0 Å². The number of rotatable bonds is 5. The minimum atomic E-state index is -3.67. The Hall–Kier alpha value is -0.980. The Morgan fingerprint density at radius 1 is 1.29 bits per heavy atom. The van der Waals surface area contributed by atoms with Crippen molar-refractivity contribution in [1.82, 2.24) is 5.32 Å². The number of nitrogens with zero attached hydrogens (tertiary/aromatic N) is 1. The highest BCUT2D eigenvalue weighted by Crippen LogP contribution is 2.44. The molecule has 0 aliphatic heterocycles. The van der Waals surface area contributed by atoms with Gasteiger partial charge in [-0.3, -0.25) is 9.10 Å². The maximum absolute atomic E-state index is 12.4. The molecule has 5 nitrogen and oxygen atoms in total. The van der Waals surface area contributed by atoms with E-state index in [1.807, 2.05) is 0 Å². The van der Waals surface area contributed by atoms with Gasteiger partial charge >= 0.3 is 0 Å². The lowest BCUT2D eigenvalue weighted by molar-refractivity contribution is -0.120. The molecule has 0 unspecified atom stereocenters. The molecule has 1 aromatic carbocycles. The van der Waals surface area contributed by atoms with Gasteiger partial charge in [-0.1, -0.05) is 35.7 Å². The summed E-state index contributed by atoms with van der Waals surface area (Å²) in [5.74, 6) is 0.920. The molecule has 0 aromatic heterocycles. The van der Waals surface area contributed by atoms with Crippen molar-refractivity contribution in [3.8, 4) is 0 Å². The number of nitrogens with one attached hydrogen (secondary N) is 1. The second-order valence-corrected chi connectivity index (χ2v) is 9.38. The molecular weight excluding hydrogens is 371 g/mol. The molecule has 0 saturated heterocycles. The zero-order valence-electron chi connectivity index (χ0n) is 13.3. The monoisotopic (exact) mass is 390 g/mol. The van der Waals surface area contributed by atoms with Crippen LogP contribution in [0.2, 0.25) is 10.0 Å². The van der Waals surface area contributed by atoms with Crippen LogP contribution in [0.3, 0.4) is 0 Å². The van der Waals surface area contributed by atoms with E-state index in [1.54, 1.807) is 18.2 Å². The van der Waals surface area contributed by atoms with Gasteiger partial charge in [0.2, 0.25) is 15.9 Å². The smallest absolute Gasteiger partial charge is 0.241 e. The van der Waals surface area contributed by atoms with Crippen LogP contribution >= 0.6 is 23.2 Å². The van der Waals surface area contributed by atoms with Crippen LogP contribution in [-0.4, -0.2) is 33.2 Å². The number of benzene rings is 1. The average molecular weight is 391 g/mol. The summed E-state index contributed by atoms with van der Waals surface area (Å²) in [6.07, 6.45) is 5.60. The fourth-order valence-corrected chi connectivity index (χ4v) is 5.18. The van der Waals surface area contributed by atoms with E-state index in [2.05, 4.69) is 5.32 Å². The number of anilines is 1. The number of amides is 1. The summed E-state index contributed by atoms with van der Waals surface area (Å²) in [6, 6.07) is 4.88. The quantitative estimate of drug-likeness (QED) is 0.839. The summed E-state index contributed by atoms with van der Waals surface area (Å²) in [4.78, 5) is 12.4. The number of fused-ring (bicyclic) bond motifs is 2. The first-order chi connectivity index (χ1) is 11.3. The lowest BCUT2D eigenvalue weighted by atomic mass is 9.95. The van der Waals surface area contributed by atoms with Crippen molar-refractivity contribution in [3.05, 3.63) is 28.2 Å². The molecule has 1 aromatic rings. The molecule has 24 heavy (non-hydrogen) atoms. The molecule has 2 bridgehead atoms. The molecule has 3 atom stereocenters. The summed E-state index contributed by atoms with van der Waals surface area (Å²) in [5, 5.41) is 3.36. The fraction of sp³-hybridized carbons (Fsp3) is 0.562. The highest BCUT2D eigenvalue weighted by atomic mass is 35.5. The first-order valence-corrected chi connectivity index (χ1v) is 10.6. The Bertz CT molecular complexity index is 754. The standard InChI is InChI=1S/C16H20Cl2N2O3S/c1-24(22,23)20(14-4-2-3-12(17)16(14)18)9-15(21)19-13-8-10-5-6-11(13)7-10/h2-4,10-11,13H,5-9H2,1H3,(H,19,21)/t10-,11-,13-/m0/s1. The van der Waals surface area contributed by atoms with E-state index in [1.165, 1.54) is 12.8 Å². The van der Waals surface area contributed by atoms with Gasteiger partial charge in [0.25, 0.3) is 0 Å². The highest BCUT2D eigenvalue weighted by Gasteiger charge is 2.40. The van der Waals surface area contributed by atoms with Crippen LogP contribution in [0.4, 0.5) is 5.69 Å². The summed E-state index contributed by atoms with van der Waals surface area (Å²) < 4.78 is 25.3. The predicted molar refractivity (Wildman–Crippen MR) is 96.0 cm³/mol. The third-order valence-corrected chi connectivity index (χ3v) is 6.91. The largest absolute Gasteiger partial charge is 0.352 e. The minimum Gasteiger partial charge on any atom is -0.352 e. The molecule has 2 saturated carbocycles. The number of halogens is 2. The van der Waals surface area contributed by atoms with Crippen LogP contribution in [0.5, 0.6) is 0 Å². The van der Waals surface area contributed by atoms with E-state index < -0.39 is 10.0 Å². The number of hydrogen-bond donors (Lipinski definition) is 1. The third kappa shape index (κ3) is 3.65. The van der Waals surface area contributed by atoms with Crippen LogP contribution in [-0.2, 0) is 14.8 Å². The normalized spacial score (nSPS) is 25.7. The molecule has 132 valence electrons. The van der Waals surface area contributed by atoms with Crippen LogP contribution in [0.25, 0.3) is 0 Å². The molecule has 3 rings (SSSR count). The van der Waals surface area contributed by atoms with Crippen LogP contribution < -0.4 is 9.62 Å². The summed E-state index contributed by atoms with van der Waals surface area (Å²) in [6.45, 7) is -0.299. The van der Waals surface area contributed by atoms with Crippen LogP contribution in [0.15, 0.2) is 18.2 Å². The Morgan fingerprint density at radius 2 is 2.04 bits per heavy atom. The van der Waals surface area contributed by atoms with Gasteiger partial charge in [0.15, 0.2) is 0 Å². The first-order valence-electron chi connectivity index (χ1n) is 7.97. The zero-order chi connectivity index (χ0) is 17.5. The lowest BCUT2D eigenvalue weighted by Crippen LogP contribution is -2.45. The van der Waals surface area contributed by atoms with Gasteiger partial charge in [0.05, 0.1) is 22.0 Å². The maximum Gasteiger partial charge on any atom is 0.241 e. The van der Waals surface area contributed by atoms with Crippen molar-refractivity contribution < 1.29 is 13.2 Å². The summed E-state index contributed by atoms with van der Waals surface area (Å²) >= 11 is 12.1. The molecule has 2 aliphatic rings. The number of carbonyl (C=O) groups excluding carboxylic acids is 1. The molecule has 2 aliphatic carbocycles. The van der Waals surface area contributed by atoms with Crippen molar-refractivity contribution in [2.75, 3.05) is 17.1 Å². The lowest BCUT2D eigenvalue weighted by Gasteiger charge is -2.26. The molecule has 1 N–H and O–H groups in total. The number of carbonyl (C=O) groups is 1. The minimum absolute atomic E-state index is 0.123. The molecule has 0 spiro atoms. The van der Waals surface area contributed by atoms with Crippen molar-refractivity contribution >= 4 is 44.8 Å². The Balaban J connectivity index is 1.75. The Morgan fingerprint density at radius 3 is 2.62 bits per heavy atom. The maximum atomic E-state index is 12.4. The van der Waals surface area contributed by atoms with Crippen molar-refractivity contribution in [2.45, 2.75) is 31.7 Å². The molecule has 1 amide bonds. The van der Waals surface area contributed by atoms with Gasteiger partial charge in [-0.05, 0) is 43.2 Å². The van der Waals surface area contributed by atoms with E-state index in [0.717, 1.165) is 23.4 Å². The SMILES string of the molecule is CS(=O)(=O)N(CC(=O)N[C@H]1C[C@H]2CC[C@H]1C2)c1cccc(Cl)c1Cl. The number of hydrogen-bond acceptors (Lipinski definition) is 3. The van der Waals surface area contributed by atoms with Crippen LogP contribution in [0, 0.1) is 11.8 Å². The van der Waals surface area contributed by atoms with E-state index in [4.69, 9.17) is 23.2 Å². The second-order valence-electron chi connectivity index (χ2n) is 6.69. The summed E-state index contributed by atoms with van der Waals surface area (Å²) in [7, 11) is -3.67. The van der Waals surface area contributed by atoms with Gasteiger partial charge in [0.1, 0.15) is 6.54 Å². The predicted octanol–water partition coefficient (Wildman–Crippen LogP) is 3.06. The topological polar surface area (TPSA) is 66.5 Å². The third-order valence-electron chi connectivity index (χ3n) is 4.97. The van der Waals surface area contributed by atoms with E-state index >= 15 is 0 Å². The molecule has 2 fully saturated rings. The highest BCUT2D eigenvalue weighted by molar-refractivity contribution is 7.92. The van der Waals surface area contributed by atoms with Gasteiger partial charge in [0, 0.05) is 6.04 Å². The molecular formula is C16H20Cl2N2O3S. The Labute approximate surface area is 152 Å². The average Bonchev–Trinajstić information content (AvgIpc) is 3.09. The van der Waals surface area contributed by atoms with Gasteiger partial charge in [-0.25, -0.2) is 8.42 Å². The number of sulfonamides is 1. The fourth-order valence-electron chi connectivity index (χ4n) is 3.87. The zero-order valence-corrected chi connectivity index (χ0v) is 15.7. The van der Waals surface area contributed by atoms with E-state index in [0.29, 0.717) is 11.8 Å². The summed E-state index contributed by atoms with van der Waals surface area (Å²) in [5.41, 5.74) is 0.217. The molecule has 8 heteroatoms. The van der Waals surface area contributed by atoms with Gasteiger partial charge < -0.3 is 5.32 Å². The van der Waals surface area contributed by atoms with E-state index in [9.17, 15) is 13.2 Å². The van der Waals surface area contributed by atoms with Crippen molar-refractivity contribution in [1.29, 1.82) is 0 Å².